The Morgan fingerprint density at radius 1 is 0.718 bits per heavy atom. The molecule has 4 aromatic rings. The van der Waals surface area contributed by atoms with Gasteiger partial charge in [0.2, 0.25) is 0 Å². The van der Waals surface area contributed by atoms with Crippen LogP contribution in [0.4, 0.5) is 0 Å². The Morgan fingerprint density at radius 3 is 1.69 bits per heavy atom. The second-order valence-electron chi connectivity index (χ2n) is 11.2. The van der Waals surface area contributed by atoms with Crippen molar-refractivity contribution in [2.45, 2.75) is 50.6 Å². The molecule has 0 fully saturated rings. The first kappa shape index (κ1) is 26.3. The van der Waals surface area contributed by atoms with Crippen LogP contribution in [0.1, 0.15) is 71.1 Å². The Morgan fingerprint density at radius 2 is 1.23 bits per heavy atom. The SMILES string of the molecule is CCc1ccc2c(c1)[CH]([Zr]([C]1=C(C(C)C)C=CC1)=[C](c1ccccc1)c1ccccc1)c1cc(CC)ccc1-2. The zero-order valence-corrected chi connectivity index (χ0v) is 26.1. The molecule has 4 aromatic carbocycles. The van der Waals surface area contributed by atoms with Gasteiger partial charge >= 0.3 is 244 Å². The van der Waals surface area contributed by atoms with E-state index in [1.54, 1.807) is 23.2 Å². The van der Waals surface area contributed by atoms with Gasteiger partial charge in [0.05, 0.1) is 0 Å². The number of hydrogen-bond donors (Lipinski definition) is 0. The molecule has 0 aliphatic heterocycles. The fourth-order valence-corrected chi connectivity index (χ4v) is 16.5. The predicted octanol–water partition coefficient (Wildman–Crippen LogP) is 9.64. The zero-order chi connectivity index (χ0) is 26.9. The van der Waals surface area contributed by atoms with Crippen LogP contribution in [0.3, 0.4) is 0 Å². The molecule has 0 heterocycles. The molecule has 0 N–H and O–H groups in total. The van der Waals surface area contributed by atoms with Crippen molar-refractivity contribution in [1.82, 2.24) is 0 Å². The summed E-state index contributed by atoms with van der Waals surface area (Å²) in [5, 5.41) is 0. The average Bonchev–Trinajstić information content (AvgIpc) is 3.59. The molecule has 2 aliphatic rings. The minimum atomic E-state index is -2.68. The van der Waals surface area contributed by atoms with Crippen LogP contribution in [-0.4, -0.2) is 3.21 Å². The van der Waals surface area contributed by atoms with Gasteiger partial charge in [-0.1, -0.05) is 0 Å². The third kappa shape index (κ3) is 4.85. The summed E-state index contributed by atoms with van der Waals surface area (Å²) < 4.78 is 3.89. The molecule has 0 aromatic heterocycles. The van der Waals surface area contributed by atoms with E-state index < -0.39 is 21.3 Å². The van der Waals surface area contributed by atoms with Crippen LogP contribution in [0.5, 0.6) is 0 Å². The zero-order valence-electron chi connectivity index (χ0n) is 23.7. The predicted molar refractivity (Wildman–Crippen MR) is 164 cm³/mol. The number of fused-ring (bicyclic) bond motifs is 3. The molecule has 0 bridgehead atoms. The topological polar surface area (TPSA) is 0 Å². The molecule has 0 saturated carbocycles. The van der Waals surface area contributed by atoms with E-state index in [1.165, 1.54) is 33.4 Å². The van der Waals surface area contributed by atoms with Crippen molar-refractivity contribution in [2.24, 2.45) is 5.92 Å². The quantitative estimate of drug-likeness (QED) is 0.203. The summed E-state index contributed by atoms with van der Waals surface area (Å²) in [6.07, 6.45) is 8.15. The number of allylic oxidation sites excluding steroid dienone is 4. The van der Waals surface area contributed by atoms with Crippen molar-refractivity contribution in [1.29, 1.82) is 0 Å². The molecule has 39 heavy (non-hydrogen) atoms. The van der Waals surface area contributed by atoms with Crippen LogP contribution in [-0.2, 0) is 34.1 Å². The molecule has 0 atom stereocenters. The molecule has 0 amide bonds. The summed E-state index contributed by atoms with van der Waals surface area (Å²) >= 11 is -2.68. The van der Waals surface area contributed by atoms with Gasteiger partial charge in [-0.3, -0.25) is 0 Å². The Balaban J connectivity index is 1.77. The first-order valence-corrected chi connectivity index (χ1v) is 18.5. The second-order valence-corrected chi connectivity index (χ2v) is 17.4. The monoisotopic (exact) mass is 584 g/mol. The summed E-state index contributed by atoms with van der Waals surface area (Å²) in [5.74, 6) is 0.534. The molecule has 0 spiro atoms. The number of hydrogen-bond acceptors (Lipinski definition) is 0. The number of aryl methyl sites for hydroxylation is 2. The van der Waals surface area contributed by atoms with E-state index in [0.717, 1.165) is 19.3 Å². The van der Waals surface area contributed by atoms with Crippen molar-refractivity contribution >= 4 is 3.21 Å². The number of benzene rings is 4. The molecule has 0 nitrogen and oxygen atoms in total. The third-order valence-corrected chi connectivity index (χ3v) is 17.1. The van der Waals surface area contributed by atoms with E-state index in [4.69, 9.17) is 0 Å². The van der Waals surface area contributed by atoms with E-state index in [1.807, 2.05) is 0 Å². The Labute approximate surface area is 242 Å². The van der Waals surface area contributed by atoms with E-state index >= 15 is 0 Å². The van der Waals surface area contributed by atoms with E-state index in [0.29, 0.717) is 9.54 Å². The summed E-state index contributed by atoms with van der Waals surface area (Å²) in [6.45, 7) is 9.35. The molecular weight excluding hydrogens is 548 g/mol. The van der Waals surface area contributed by atoms with Crippen LogP contribution < -0.4 is 0 Å². The fraction of sp³-hybridized carbons (Fsp3) is 0.237. The molecule has 194 valence electrons. The Kier molecular flexibility index (Phi) is 7.64. The summed E-state index contributed by atoms with van der Waals surface area (Å²) in [5.41, 5.74) is 13.4. The number of rotatable bonds is 7. The molecule has 0 unspecified atom stereocenters. The van der Waals surface area contributed by atoms with Gasteiger partial charge in [0.15, 0.2) is 0 Å². The van der Waals surface area contributed by atoms with Crippen molar-refractivity contribution in [3.05, 3.63) is 151 Å². The van der Waals surface area contributed by atoms with Crippen LogP contribution in [0.2, 0.25) is 0 Å². The first-order valence-electron chi connectivity index (χ1n) is 14.6. The van der Waals surface area contributed by atoms with Crippen molar-refractivity contribution in [3.8, 4) is 11.1 Å². The third-order valence-electron chi connectivity index (χ3n) is 8.56. The van der Waals surface area contributed by atoms with Gasteiger partial charge < -0.3 is 0 Å². The van der Waals surface area contributed by atoms with Gasteiger partial charge in [-0.25, -0.2) is 0 Å². The van der Waals surface area contributed by atoms with Crippen LogP contribution in [0.25, 0.3) is 11.1 Å². The minimum absolute atomic E-state index is 0.467. The fourth-order valence-electron chi connectivity index (χ4n) is 6.60. The van der Waals surface area contributed by atoms with E-state index in [2.05, 4.69) is 137 Å². The molecule has 1 heteroatoms. The Hall–Kier alpha value is -2.89. The average molecular weight is 586 g/mol. The van der Waals surface area contributed by atoms with Gasteiger partial charge in [-0.15, -0.1) is 0 Å². The van der Waals surface area contributed by atoms with Gasteiger partial charge in [0, 0.05) is 0 Å². The summed E-state index contributed by atoms with van der Waals surface area (Å²) in [4.78, 5) is 0. The molecule has 0 saturated heterocycles. The van der Waals surface area contributed by atoms with Crippen LogP contribution in [0, 0.1) is 5.92 Å². The molecular formula is C38H38Zr. The summed E-state index contributed by atoms with van der Waals surface area (Å²) in [6, 6.07) is 37.4. The van der Waals surface area contributed by atoms with Crippen LogP contribution >= 0.6 is 0 Å². The summed E-state index contributed by atoms with van der Waals surface area (Å²) in [7, 11) is 0. The van der Waals surface area contributed by atoms with Crippen LogP contribution in [0.15, 0.2) is 118 Å². The second kappa shape index (κ2) is 11.3. The van der Waals surface area contributed by atoms with Gasteiger partial charge in [-0.05, 0) is 0 Å². The maximum atomic E-state index is 2.57. The van der Waals surface area contributed by atoms with Gasteiger partial charge in [0.1, 0.15) is 0 Å². The van der Waals surface area contributed by atoms with Crippen molar-refractivity contribution in [2.75, 3.05) is 0 Å². The molecule has 0 radical (unpaired) electrons. The van der Waals surface area contributed by atoms with Crippen molar-refractivity contribution < 1.29 is 21.3 Å². The van der Waals surface area contributed by atoms with E-state index in [-0.39, 0.29) is 0 Å². The Bertz CT molecular complexity index is 1500. The molecule has 6 rings (SSSR count). The van der Waals surface area contributed by atoms with Gasteiger partial charge in [-0.2, -0.15) is 0 Å². The molecule has 2 aliphatic carbocycles. The standard InChI is InChI=1S/C17H17.C13H10.C8H11.Zr/c1-3-12-5-7-16-14(9-12)11-15-10-13(4-2)6-8-17(15)16;1-3-7-12(8-4-1)11-13-9-5-2-6-10-13;1-7(2)8-5-3-4-6-8;/h5-11H,3-4H2,1-2H3;1-10H;3,5,7H,4H2,1-2H3;. The maximum absolute atomic E-state index is 2.68. The normalized spacial score (nSPS) is 14.2. The van der Waals surface area contributed by atoms with Crippen molar-refractivity contribution in [3.63, 3.8) is 0 Å². The van der Waals surface area contributed by atoms with Gasteiger partial charge in [0.25, 0.3) is 0 Å². The van der Waals surface area contributed by atoms with E-state index in [9.17, 15) is 0 Å². The first-order chi connectivity index (χ1) is 19.1.